The molecule has 3 heteroatoms. The van der Waals surface area contributed by atoms with Crippen LogP contribution in [0.15, 0.2) is 11.1 Å². The fourth-order valence-electron chi connectivity index (χ4n) is 8.85. The Morgan fingerprint density at radius 3 is 2.69 bits per heavy atom. The van der Waals surface area contributed by atoms with Crippen LogP contribution in [0.2, 0.25) is 0 Å². The minimum absolute atomic E-state index is 0.0608. The number of rotatable bonds is 1. The van der Waals surface area contributed by atoms with Gasteiger partial charge in [0, 0.05) is 30.6 Å². The number of hydrogen-bond acceptors (Lipinski definition) is 3. The molecule has 6 rings (SSSR count). The van der Waals surface area contributed by atoms with Gasteiger partial charge < -0.3 is 4.74 Å². The highest BCUT2D eigenvalue weighted by Gasteiger charge is 2.79. The van der Waals surface area contributed by atoms with E-state index < -0.39 is 0 Å². The standard InChI is InChI=1S/C23H30O3/c1-2-22-9-7-16-15-6-4-14(24)11-13(15)3-5-17(16)21(22)18-12-19(18)23(22)10-8-20(25)26-23/h16-19,21H,2-12H2,1H3/t16?,17?,18-,19+,21?,22+,23+/m1/s1. The lowest BCUT2D eigenvalue weighted by Crippen LogP contribution is -2.55. The molecule has 3 unspecified atom stereocenters. The number of hydrogen-bond donors (Lipinski definition) is 0. The van der Waals surface area contributed by atoms with Gasteiger partial charge in [0.15, 0.2) is 0 Å². The van der Waals surface area contributed by atoms with Crippen LogP contribution in [0.5, 0.6) is 0 Å². The molecule has 1 spiro atoms. The summed E-state index contributed by atoms with van der Waals surface area (Å²) in [5.74, 6) is 4.25. The molecule has 1 heterocycles. The van der Waals surface area contributed by atoms with Crippen LogP contribution in [-0.2, 0) is 14.3 Å². The minimum Gasteiger partial charge on any atom is -0.458 e. The molecular formula is C23H30O3. The molecular weight excluding hydrogens is 324 g/mol. The van der Waals surface area contributed by atoms with Gasteiger partial charge in [-0.15, -0.1) is 0 Å². The average molecular weight is 354 g/mol. The molecule has 0 amide bonds. The van der Waals surface area contributed by atoms with Gasteiger partial charge in [-0.05, 0) is 75.0 Å². The maximum absolute atomic E-state index is 12.1. The molecule has 0 N–H and O–H groups in total. The van der Waals surface area contributed by atoms with Gasteiger partial charge in [0.25, 0.3) is 0 Å². The van der Waals surface area contributed by atoms with Gasteiger partial charge in [0.1, 0.15) is 11.4 Å². The lowest BCUT2D eigenvalue weighted by atomic mass is 9.49. The highest BCUT2D eigenvalue weighted by Crippen LogP contribution is 2.79. The summed E-state index contributed by atoms with van der Waals surface area (Å²) < 4.78 is 6.23. The molecule has 6 aliphatic rings. The van der Waals surface area contributed by atoms with Crippen molar-refractivity contribution in [2.24, 2.45) is 35.0 Å². The monoisotopic (exact) mass is 354 g/mol. The first-order chi connectivity index (χ1) is 12.6. The Kier molecular flexibility index (Phi) is 3.07. The third-order valence-corrected chi connectivity index (χ3v) is 9.65. The van der Waals surface area contributed by atoms with Gasteiger partial charge in [-0.25, -0.2) is 0 Å². The maximum Gasteiger partial charge on any atom is 0.306 e. The van der Waals surface area contributed by atoms with Gasteiger partial charge in [-0.1, -0.05) is 18.1 Å². The molecule has 3 saturated carbocycles. The molecule has 0 aromatic carbocycles. The Labute approximate surface area is 155 Å². The fraction of sp³-hybridized carbons (Fsp3) is 0.826. The van der Waals surface area contributed by atoms with Crippen molar-refractivity contribution in [3.63, 3.8) is 0 Å². The van der Waals surface area contributed by atoms with Crippen LogP contribution in [0.4, 0.5) is 0 Å². The summed E-state index contributed by atoms with van der Waals surface area (Å²) in [7, 11) is 0. The number of fused-ring (bicyclic) bond motifs is 8. The predicted octanol–water partition coefficient (Wildman–Crippen LogP) is 4.59. The van der Waals surface area contributed by atoms with Gasteiger partial charge in [-0.3, -0.25) is 9.59 Å². The van der Waals surface area contributed by atoms with Crippen molar-refractivity contribution in [1.82, 2.24) is 0 Å². The van der Waals surface area contributed by atoms with E-state index in [4.69, 9.17) is 4.74 Å². The Bertz CT molecular complexity index is 736. The fourth-order valence-corrected chi connectivity index (χ4v) is 8.85. The van der Waals surface area contributed by atoms with E-state index in [9.17, 15) is 9.59 Å². The zero-order valence-electron chi connectivity index (χ0n) is 15.9. The van der Waals surface area contributed by atoms with E-state index in [1.54, 1.807) is 5.57 Å². The van der Waals surface area contributed by atoms with Crippen molar-refractivity contribution in [2.75, 3.05) is 0 Å². The normalized spacial score (nSPS) is 51.7. The van der Waals surface area contributed by atoms with Gasteiger partial charge in [-0.2, -0.15) is 0 Å². The van der Waals surface area contributed by atoms with Gasteiger partial charge >= 0.3 is 5.97 Å². The Balaban J connectivity index is 1.40. The number of ether oxygens (including phenoxy) is 1. The first-order valence-electron chi connectivity index (χ1n) is 11.0. The lowest BCUT2D eigenvalue weighted by Gasteiger charge is -2.57. The highest BCUT2D eigenvalue weighted by atomic mass is 16.6. The van der Waals surface area contributed by atoms with Crippen molar-refractivity contribution in [2.45, 2.75) is 83.2 Å². The smallest absolute Gasteiger partial charge is 0.306 e. The third-order valence-electron chi connectivity index (χ3n) is 9.65. The van der Waals surface area contributed by atoms with E-state index in [1.165, 1.54) is 37.7 Å². The molecule has 0 radical (unpaired) electrons. The predicted molar refractivity (Wildman–Crippen MR) is 97.2 cm³/mol. The number of Topliss-reactive ketones (excluding diaryl/α,β-unsaturated/α-hetero) is 1. The molecule has 3 nitrogen and oxygen atoms in total. The number of carbonyl (C=O) groups excluding carboxylic acids is 2. The molecule has 0 aromatic rings. The first-order valence-corrected chi connectivity index (χ1v) is 11.0. The molecule has 1 saturated heterocycles. The van der Waals surface area contributed by atoms with Crippen molar-refractivity contribution in [1.29, 1.82) is 0 Å². The maximum atomic E-state index is 12.1. The Hall–Kier alpha value is -1.12. The second-order valence-corrected chi connectivity index (χ2v) is 10.1. The molecule has 0 aromatic heterocycles. The molecule has 26 heavy (non-hydrogen) atoms. The van der Waals surface area contributed by atoms with Crippen LogP contribution in [0.1, 0.15) is 77.6 Å². The lowest BCUT2D eigenvalue weighted by molar-refractivity contribution is -0.176. The van der Waals surface area contributed by atoms with Crippen molar-refractivity contribution < 1.29 is 14.3 Å². The summed E-state index contributed by atoms with van der Waals surface area (Å²) in [6.45, 7) is 2.36. The Morgan fingerprint density at radius 1 is 1.04 bits per heavy atom. The van der Waals surface area contributed by atoms with Crippen LogP contribution in [0, 0.1) is 35.0 Å². The second kappa shape index (κ2) is 5.02. The van der Waals surface area contributed by atoms with E-state index in [0.29, 0.717) is 18.1 Å². The van der Waals surface area contributed by atoms with Crippen molar-refractivity contribution in [3.05, 3.63) is 11.1 Å². The second-order valence-electron chi connectivity index (χ2n) is 10.1. The summed E-state index contributed by atoms with van der Waals surface area (Å²) in [5.41, 5.74) is 3.33. The largest absolute Gasteiger partial charge is 0.458 e. The molecule has 5 aliphatic carbocycles. The van der Waals surface area contributed by atoms with Crippen LogP contribution >= 0.6 is 0 Å². The number of esters is 1. The number of carbonyl (C=O) groups is 2. The molecule has 140 valence electrons. The molecule has 7 atom stereocenters. The van der Waals surface area contributed by atoms with E-state index >= 15 is 0 Å². The summed E-state index contributed by atoms with van der Waals surface area (Å²) in [5, 5.41) is 0. The zero-order chi connectivity index (χ0) is 17.7. The number of allylic oxidation sites excluding steroid dienone is 2. The van der Waals surface area contributed by atoms with Crippen LogP contribution < -0.4 is 0 Å². The molecule has 4 fully saturated rings. The van der Waals surface area contributed by atoms with Crippen molar-refractivity contribution in [3.8, 4) is 0 Å². The minimum atomic E-state index is -0.115. The molecule has 1 aliphatic heterocycles. The Morgan fingerprint density at radius 2 is 1.92 bits per heavy atom. The van der Waals surface area contributed by atoms with E-state index in [0.717, 1.165) is 55.8 Å². The SMILES string of the molecule is CC[C@]12CCC3C4=C(CCC3C1[C@@H]1C[C@@H]1[C@@]21CCC(=O)O1)CC(=O)CC4. The quantitative estimate of drug-likeness (QED) is 0.511. The summed E-state index contributed by atoms with van der Waals surface area (Å²) in [4.78, 5) is 24.1. The third kappa shape index (κ3) is 1.72. The highest BCUT2D eigenvalue weighted by molar-refractivity contribution is 5.82. The van der Waals surface area contributed by atoms with Crippen LogP contribution in [0.25, 0.3) is 0 Å². The van der Waals surface area contributed by atoms with Gasteiger partial charge in [0.05, 0.1) is 0 Å². The molecule has 0 bridgehead atoms. The summed E-state index contributed by atoms with van der Waals surface area (Å²) in [6.07, 6.45) is 11.6. The van der Waals surface area contributed by atoms with E-state index in [-0.39, 0.29) is 17.0 Å². The topological polar surface area (TPSA) is 43.4 Å². The van der Waals surface area contributed by atoms with Gasteiger partial charge in [0.2, 0.25) is 0 Å². The first kappa shape index (κ1) is 15.9. The number of ketones is 1. The zero-order valence-corrected chi connectivity index (χ0v) is 15.9. The van der Waals surface area contributed by atoms with Crippen LogP contribution in [-0.4, -0.2) is 17.4 Å². The van der Waals surface area contributed by atoms with Crippen LogP contribution in [0.3, 0.4) is 0 Å². The van der Waals surface area contributed by atoms with Crippen molar-refractivity contribution >= 4 is 11.8 Å². The summed E-state index contributed by atoms with van der Waals surface area (Å²) >= 11 is 0. The van der Waals surface area contributed by atoms with E-state index in [1.807, 2.05) is 0 Å². The average Bonchev–Trinajstić information content (AvgIpc) is 3.29. The van der Waals surface area contributed by atoms with E-state index in [2.05, 4.69) is 6.92 Å². The summed E-state index contributed by atoms with van der Waals surface area (Å²) in [6, 6.07) is 0.